The summed E-state index contributed by atoms with van der Waals surface area (Å²) in [5.74, 6) is 0.784. The Bertz CT molecular complexity index is 87.1. The molecule has 1 aliphatic rings. The van der Waals surface area contributed by atoms with Crippen LogP contribution in [0.1, 0.15) is 6.42 Å². The molecule has 1 rings (SSSR count). The minimum atomic E-state index is 0.784. The lowest BCUT2D eigenvalue weighted by atomic mass is 10.1. The van der Waals surface area contributed by atoms with Gasteiger partial charge in [-0.25, -0.2) is 3.11 Å². The molecule has 1 fully saturated rings. The van der Waals surface area contributed by atoms with Gasteiger partial charge in [0, 0.05) is 43.1 Å². The predicted octanol–water partition coefficient (Wildman–Crippen LogP) is 1.30. The topological polar surface area (TPSA) is 12.5 Å². The molecule has 0 radical (unpaired) electrons. The zero-order chi connectivity index (χ0) is 6.69. The molecule has 0 N–H and O–H groups in total. The van der Waals surface area contributed by atoms with Crippen LogP contribution in [0.2, 0.25) is 0 Å². The number of hydrogen-bond acceptors (Lipinski definition) is 2. The molecule has 0 bridgehead atoms. The van der Waals surface area contributed by atoms with Crippen LogP contribution in [-0.2, 0) is 4.74 Å². The first kappa shape index (κ1) is 7.75. The highest BCUT2D eigenvalue weighted by Crippen LogP contribution is 2.18. The number of hydrogen-bond donors (Lipinski definition) is 0. The third-order valence-electron chi connectivity index (χ3n) is 1.64. The predicted molar refractivity (Wildman–Crippen MR) is 45.6 cm³/mol. The minimum absolute atomic E-state index is 0.784. The largest absolute Gasteiger partial charge is 0.384 e. The van der Waals surface area contributed by atoms with Crippen molar-refractivity contribution in [2.45, 2.75) is 6.42 Å². The summed E-state index contributed by atoms with van der Waals surface area (Å²) in [6, 6.07) is 0. The molecule has 0 aromatic rings. The van der Waals surface area contributed by atoms with E-state index in [-0.39, 0.29) is 0 Å². The van der Waals surface area contributed by atoms with Gasteiger partial charge in [0.2, 0.25) is 0 Å². The van der Waals surface area contributed by atoms with Crippen molar-refractivity contribution >= 4 is 22.9 Å². The van der Waals surface area contributed by atoms with Gasteiger partial charge in [-0.05, 0) is 12.3 Å². The number of halogens is 1. The molecule has 0 aromatic carbocycles. The summed E-state index contributed by atoms with van der Waals surface area (Å²) >= 11 is 2.36. The minimum Gasteiger partial charge on any atom is -0.384 e. The lowest BCUT2D eigenvalue weighted by Gasteiger charge is -2.06. The average molecular weight is 241 g/mol. The molecule has 0 aromatic heterocycles. The van der Waals surface area contributed by atoms with Crippen molar-refractivity contribution in [1.82, 2.24) is 3.11 Å². The summed E-state index contributed by atoms with van der Waals surface area (Å²) in [4.78, 5) is 0. The summed E-state index contributed by atoms with van der Waals surface area (Å²) in [5.41, 5.74) is 0. The van der Waals surface area contributed by atoms with Gasteiger partial charge in [-0.3, -0.25) is 0 Å². The van der Waals surface area contributed by atoms with Gasteiger partial charge in [0.1, 0.15) is 0 Å². The Morgan fingerprint density at radius 1 is 1.78 bits per heavy atom. The maximum Gasteiger partial charge on any atom is 0.0503 e. The summed E-state index contributed by atoms with van der Waals surface area (Å²) in [5, 5.41) is 0. The number of rotatable bonds is 2. The first-order valence-corrected chi connectivity index (χ1v) is 4.19. The molecule has 3 heteroatoms. The highest BCUT2D eigenvalue weighted by atomic mass is 127. The molecule has 1 heterocycles. The van der Waals surface area contributed by atoms with Gasteiger partial charge in [0.15, 0.2) is 0 Å². The van der Waals surface area contributed by atoms with Crippen molar-refractivity contribution in [2.75, 3.05) is 26.8 Å². The van der Waals surface area contributed by atoms with E-state index in [1.54, 1.807) is 7.11 Å². The second kappa shape index (κ2) is 3.73. The molecular formula is C6H12INO. The van der Waals surface area contributed by atoms with Crippen molar-refractivity contribution in [3.8, 4) is 0 Å². The third kappa shape index (κ3) is 2.39. The number of nitrogens with zero attached hydrogens (tertiary/aromatic N) is 1. The van der Waals surface area contributed by atoms with Crippen LogP contribution in [0.25, 0.3) is 0 Å². The summed E-state index contributed by atoms with van der Waals surface area (Å²) in [6.45, 7) is 3.36. The number of ether oxygens (including phenoxy) is 1. The maximum absolute atomic E-state index is 5.04. The van der Waals surface area contributed by atoms with E-state index in [4.69, 9.17) is 4.74 Å². The number of methoxy groups -OCH3 is 1. The van der Waals surface area contributed by atoms with Crippen LogP contribution in [-0.4, -0.2) is 29.9 Å². The van der Waals surface area contributed by atoms with Crippen molar-refractivity contribution in [3.05, 3.63) is 0 Å². The quantitative estimate of drug-likeness (QED) is 0.533. The van der Waals surface area contributed by atoms with Crippen molar-refractivity contribution in [1.29, 1.82) is 0 Å². The van der Waals surface area contributed by atoms with E-state index in [9.17, 15) is 0 Å². The van der Waals surface area contributed by atoms with E-state index in [0.29, 0.717) is 0 Å². The fourth-order valence-corrected chi connectivity index (χ4v) is 1.99. The molecule has 0 unspecified atom stereocenters. The smallest absolute Gasteiger partial charge is 0.0503 e. The Balaban J connectivity index is 2.14. The van der Waals surface area contributed by atoms with Crippen LogP contribution in [0.3, 0.4) is 0 Å². The zero-order valence-electron chi connectivity index (χ0n) is 5.64. The summed E-state index contributed by atoms with van der Waals surface area (Å²) in [7, 11) is 1.77. The molecule has 0 saturated carbocycles. The van der Waals surface area contributed by atoms with E-state index in [1.807, 2.05) is 0 Å². The highest BCUT2D eigenvalue weighted by molar-refractivity contribution is 14.1. The molecule has 54 valence electrons. The first-order chi connectivity index (χ1) is 4.33. The Morgan fingerprint density at radius 3 is 3.00 bits per heavy atom. The van der Waals surface area contributed by atoms with Gasteiger partial charge in [-0.2, -0.15) is 0 Å². The van der Waals surface area contributed by atoms with Gasteiger partial charge < -0.3 is 4.74 Å². The first-order valence-electron chi connectivity index (χ1n) is 3.22. The molecule has 1 aliphatic heterocycles. The zero-order valence-corrected chi connectivity index (χ0v) is 7.80. The van der Waals surface area contributed by atoms with Gasteiger partial charge in [-0.1, -0.05) is 0 Å². The standard InChI is InChI=1S/C6H12INO/c1-9-5-6-2-3-8(7)4-6/h6H,2-5H2,1H3/t6-/m0/s1. The van der Waals surface area contributed by atoms with Crippen LogP contribution in [0.15, 0.2) is 0 Å². The van der Waals surface area contributed by atoms with Gasteiger partial charge in [0.25, 0.3) is 0 Å². The molecule has 1 atom stereocenters. The van der Waals surface area contributed by atoms with Gasteiger partial charge in [0.05, 0.1) is 6.61 Å². The summed E-state index contributed by atoms with van der Waals surface area (Å²) < 4.78 is 7.36. The monoisotopic (exact) mass is 241 g/mol. The van der Waals surface area contributed by atoms with Crippen LogP contribution in [0.5, 0.6) is 0 Å². The Morgan fingerprint density at radius 2 is 2.56 bits per heavy atom. The van der Waals surface area contributed by atoms with Gasteiger partial charge in [-0.15, -0.1) is 0 Å². The van der Waals surface area contributed by atoms with Crippen molar-refractivity contribution < 1.29 is 4.74 Å². The van der Waals surface area contributed by atoms with Crippen LogP contribution in [0, 0.1) is 5.92 Å². The van der Waals surface area contributed by atoms with E-state index in [1.165, 1.54) is 19.5 Å². The molecule has 1 saturated heterocycles. The second-order valence-corrected chi connectivity index (χ2v) is 3.84. The Hall–Kier alpha value is 0.650. The van der Waals surface area contributed by atoms with E-state index in [0.717, 1.165) is 12.5 Å². The van der Waals surface area contributed by atoms with Crippen molar-refractivity contribution in [2.24, 2.45) is 5.92 Å². The van der Waals surface area contributed by atoms with E-state index < -0.39 is 0 Å². The maximum atomic E-state index is 5.04. The molecule has 0 spiro atoms. The molecule has 2 nitrogen and oxygen atoms in total. The lowest BCUT2D eigenvalue weighted by Crippen LogP contribution is -2.11. The molecule has 9 heavy (non-hydrogen) atoms. The van der Waals surface area contributed by atoms with Crippen LogP contribution >= 0.6 is 22.9 Å². The molecular weight excluding hydrogens is 229 g/mol. The van der Waals surface area contributed by atoms with E-state index >= 15 is 0 Å². The molecule has 0 amide bonds. The third-order valence-corrected chi connectivity index (χ3v) is 2.51. The second-order valence-electron chi connectivity index (χ2n) is 2.48. The van der Waals surface area contributed by atoms with E-state index in [2.05, 4.69) is 26.0 Å². The highest BCUT2D eigenvalue weighted by Gasteiger charge is 2.19. The van der Waals surface area contributed by atoms with Crippen LogP contribution < -0.4 is 0 Å². The lowest BCUT2D eigenvalue weighted by molar-refractivity contribution is 0.158. The van der Waals surface area contributed by atoms with Crippen molar-refractivity contribution in [3.63, 3.8) is 0 Å². The Kier molecular flexibility index (Phi) is 3.21. The fraction of sp³-hybridized carbons (Fsp3) is 1.00. The SMILES string of the molecule is COC[C@H]1CCN(I)C1. The summed E-state index contributed by atoms with van der Waals surface area (Å²) in [6.07, 6.45) is 1.30. The fourth-order valence-electron chi connectivity index (χ4n) is 1.16. The normalized spacial score (nSPS) is 29.3. The molecule has 0 aliphatic carbocycles. The van der Waals surface area contributed by atoms with Crippen LogP contribution in [0.4, 0.5) is 0 Å². The van der Waals surface area contributed by atoms with Gasteiger partial charge >= 0.3 is 0 Å². The average Bonchev–Trinajstić information content (AvgIpc) is 2.17. The Labute approximate surface area is 70.0 Å².